The second-order valence-corrected chi connectivity index (χ2v) is 6.08. The van der Waals surface area contributed by atoms with Gasteiger partial charge in [0.2, 0.25) is 0 Å². The van der Waals surface area contributed by atoms with E-state index in [1.807, 2.05) is 19.1 Å². The molecule has 0 aliphatic heterocycles. The van der Waals surface area contributed by atoms with E-state index in [0.717, 1.165) is 24.1 Å². The third-order valence-corrected chi connectivity index (χ3v) is 4.33. The van der Waals surface area contributed by atoms with Gasteiger partial charge in [-0.3, -0.25) is 9.89 Å². The van der Waals surface area contributed by atoms with Gasteiger partial charge in [-0.05, 0) is 29.7 Å². The number of H-pyrrole nitrogens is 1. The predicted octanol–water partition coefficient (Wildman–Crippen LogP) is 3.38. The number of aryl methyl sites for hydroxylation is 1. The molecule has 1 heterocycles. The van der Waals surface area contributed by atoms with Crippen molar-refractivity contribution < 1.29 is 18.7 Å². The van der Waals surface area contributed by atoms with E-state index >= 15 is 0 Å². The van der Waals surface area contributed by atoms with Crippen molar-refractivity contribution >= 4 is 5.91 Å². The van der Waals surface area contributed by atoms with Crippen LogP contribution in [-0.2, 0) is 6.42 Å². The minimum absolute atomic E-state index is 0.00692. The maximum Gasteiger partial charge on any atom is 0.255 e. The van der Waals surface area contributed by atoms with Crippen LogP contribution in [0.4, 0.5) is 8.78 Å². The molecule has 1 unspecified atom stereocenters. The van der Waals surface area contributed by atoms with Crippen LogP contribution in [0.25, 0.3) is 11.3 Å². The largest absolute Gasteiger partial charge is 0.387 e. The molecule has 0 aliphatic rings. The molecule has 1 aromatic heterocycles. The Labute approximate surface area is 155 Å². The molecule has 0 fully saturated rings. The van der Waals surface area contributed by atoms with Crippen LogP contribution < -0.4 is 5.32 Å². The number of hydrogen-bond acceptors (Lipinski definition) is 3. The van der Waals surface area contributed by atoms with Gasteiger partial charge in [0, 0.05) is 6.54 Å². The standard InChI is InChI=1S/C20H19F2N3O2/c1-2-12-6-8-13(9-7-12)17(26)11-23-20(27)14-10-24-25-19(14)18-15(21)4-3-5-16(18)22/h3-10,17,26H,2,11H2,1H3,(H,23,27)(H,24,25). The molecular weight excluding hydrogens is 352 g/mol. The van der Waals surface area contributed by atoms with Gasteiger partial charge < -0.3 is 10.4 Å². The van der Waals surface area contributed by atoms with Crippen molar-refractivity contribution in [3.63, 3.8) is 0 Å². The summed E-state index contributed by atoms with van der Waals surface area (Å²) in [6.45, 7) is 1.99. The highest BCUT2D eigenvalue weighted by molar-refractivity contribution is 5.99. The van der Waals surface area contributed by atoms with Gasteiger partial charge in [-0.15, -0.1) is 0 Å². The summed E-state index contributed by atoms with van der Waals surface area (Å²) in [5.74, 6) is -2.20. The molecule has 140 valence electrons. The highest BCUT2D eigenvalue weighted by Crippen LogP contribution is 2.27. The molecule has 5 nitrogen and oxygen atoms in total. The van der Waals surface area contributed by atoms with E-state index in [0.29, 0.717) is 5.56 Å². The van der Waals surface area contributed by atoms with Crippen molar-refractivity contribution in [2.45, 2.75) is 19.4 Å². The number of aromatic amines is 1. The summed E-state index contributed by atoms with van der Waals surface area (Å²) >= 11 is 0. The van der Waals surface area contributed by atoms with Gasteiger partial charge in [-0.1, -0.05) is 37.3 Å². The first-order valence-corrected chi connectivity index (χ1v) is 8.54. The average molecular weight is 371 g/mol. The molecule has 0 bridgehead atoms. The van der Waals surface area contributed by atoms with Crippen LogP contribution in [0.1, 0.15) is 34.5 Å². The molecule has 7 heteroatoms. The van der Waals surface area contributed by atoms with Crippen LogP contribution in [-0.4, -0.2) is 27.8 Å². The van der Waals surface area contributed by atoms with Crippen LogP contribution in [0.2, 0.25) is 0 Å². The molecule has 0 saturated heterocycles. The lowest BCUT2D eigenvalue weighted by Crippen LogP contribution is -2.28. The highest BCUT2D eigenvalue weighted by atomic mass is 19.1. The number of aliphatic hydroxyl groups excluding tert-OH is 1. The van der Waals surface area contributed by atoms with E-state index in [4.69, 9.17) is 0 Å². The molecule has 2 aromatic carbocycles. The molecule has 3 N–H and O–H groups in total. The fourth-order valence-corrected chi connectivity index (χ4v) is 2.76. The number of carbonyl (C=O) groups excluding carboxylic acids is 1. The zero-order valence-corrected chi connectivity index (χ0v) is 14.7. The minimum atomic E-state index is -0.902. The van der Waals surface area contributed by atoms with Crippen LogP contribution in [0.5, 0.6) is 0 Å². The summed E-state index contributed by atoms with van der Waals surface area (Å²) < 4.78 is 28.0. The first-order chi connectivity index (χ1) is 13.0. The van der Waals surface area contributed by atoms with Crippen molar-refractivity contribution in [1.82, 2.24) is 15.5 Å². The number of carbonyl (C=O) groups is 1. The molecule has 3 rings (SSSR count). The maximum atomic E-state index is 14.0. The number of halogens is 2. The Morgan fingerprint density at radius 1 is 1.19 bits per heavy atom. The lowest BCUT2D eigenvalue weighted by atomic mass is 10.0. The monoisotopic (exact) mass is 371 g/mol. The van der Waals surface area contributed by atoms with Gasteiger partial charge in [-0.25, -0.2) is 8.78 Å². The van der Waals surface area contributed by atoms with Crippen LogP contribution in [0.15, 0.2) is 48.7 Å². The van der Waals surface area contributed by atoms with E-state index in [-0.39, 0.29) is 23.4 Å². The Kier molecular flexibility index (Phi) is 5.61. The third kappa shape index (κ3) is 4.03. The van der Waals surface area contributed by atoms with Gasteiger partial charge in [-0.2, -0.15) is 5.10 Å². The van der Waals surface area contributed by atoms with E-state index in [2.05, 4.69) is 15.5 Å². The summed E-state index contributed by atoms with van der Waals surface area (Å²) in [6, 6.07) is 10.9. The van der Waals surface area contributed by atoms with Gasteiger partial charge in [0.15, 0.2) is 0 Å². The normalized spacial score (nSPS) is 12.0. The Bertz CT molecular complexity index is 918. The lowest BCUT2D eigenvalue weighted by Gasteiger charge is -2.13. The molecular formula is C20H19F2N3O2. The van der Waals surface area contributed by atoms with Crippen molar-refractivity contribution in [2.24, 2.45) is 0 Å². The van der Waals surface area contributed by atoms with Crippen LogP contribution in [0.3, 0.4) is 0 Å². The summed E-state index contributed by atoms with van der Waals surface area (Å²) in [4.78, 5) is 12.4. The Morgan fingerprint density at radius 3 is 2.48 bits per heavy atom. The van der Waals surface area contributed by atoms with Crippen LogP contribution in [0, 0.1) is 11.6 Å². The topological polar surface area (TPSA) is 78.0 Å². The minimum Gasteiger partial charge on any atom is -0.387 e. The maximum absolute atomic E-state index is 14.0. The molecule has 27 heavy (non-hydrogen) atoms. The summed E-state index contributed by atoms with van der Waals surface area (Å²) in [6.07, 6.45) is 1.18. The second-order valence-electron chi connectivity index (χ2n) is 6.08. The lowest BCUT2D eigenvalue weighted by molar-refractivity contribution is 0.0917. The fourth-order valence-electron chi connectivity index (χ4n) is 2.76. The number of benzene rings is 2. The third-order valence-electron chi connectivity index (χ3n) is 4.33. The Morgan fingerprint density at radius 2 is 1.85 bits per heavy atom. The zero-order chi connectivity index (χ0) is 19.4. The smallest absolute Gasteiger partial charge is 0.255 e. The van der Waals surface area contributed by atoms with Gasteiger partial charge in [0.25, 0.3) is 5.91 Å². The van der Waals surface area contributed by atoms with Gasteiger partial charge >= 0.3 is 0 Å². The number of aliphatic hydroxyl groups is 1. The molecule has 3 aromatic rings. The van der Waals surface area contributed by atoms with E-state index in [1.54, 1.807) is 12.1 Å². The number of nitrogens with one attached hydrogen (secondary N) is 2. The summed E-state index contributed by atoms with van der Waals surface area (Å²) in [5, 5.41) is 19.0. The second kappa shape index (κ2) is 8.09. The van der Waals surface area contributed by atoms with Gasteiger partial charge in [0.05, 0.1) is 29.1 Å². The first kappa shape index (κ1) is 18.7. The Hall–Kier alpha value is -3.06. The SMILES string of the molecule is CCc1ccc(C(O)CNC(=O)c2cn[nH]c2-c2c(F)cccc2F)cc1. The number of hydrogen-bond donors (Lipinski definition) is 3. The van der Waals surface area contributed by atoms with Crippen molar-refractivity contribution in [3.05, 3.63) is 77.0 Å². The molecule has 0 saturated carbocycles. The zero-order valence-electron chi connectivity index (χ0n) is 14.7. The molecule has 1 atom stereocenters. The quantitative estimate of drug-likeness (QED) is 0.622. The highest BCUT2D eigenvalue weighted by Gasteiger charge is 2.21. The molecule has 0 radical (unpaired) electrons. The van der Waals surface area contributed by atoms with Gasteiger partial charge in [0.1, 0.15) is 11.6 Å². The van der Waals surface area contributed by atoms with Crippen molar-refractivity contribution in [3.8, 4) is 11.3 Å². The predicted molar refractivity (Wildman–Crippen MR) is 97.1 cm³/mol. The van der Waals surface area contributed by atoms with E-state index in [1.165, 1.54) is 12.3 Å². The fraction of sp³-hybridized carbons (Fsp3) is 0.200. The van der Waals surface area contributed by atoms with Crippen LogP contribution >= 0.6 is 0 Å². The molecule has 1 amide bonds. The van der Waals surface area contributed by atoms with Crippen molar-refractivity contribution in [2.75, 3.05) is 6.54 Å². The number of rotatable bonds is 6. The number of amides is 1. The Balaban J connectivity index is 1.73. The number of aromatic nitrogens is 2. The van der Waals surface area contributed by atoms with E-state index in [9.17, 15) is 18.7 Å². The van der Waals surface area contributed by atoms with E-state index < -0.39 is 23.6 Å². The summed E-state index contributed by atoms with van der Waals surface area (Å²) in [7, 11) is 0. The van der Waals surface area contributed by atoms with Crippen molar-refractivity contribution in [1.29, 1.82) is 0 Å². The molecule has 0 aliphatic carbocycles. The molecule has 0 spiro atoms. The first-order valence-electron chi connectivity index (χ1n) is 8.54. The summed E-state index contributed by atoms with van der Waals surface area (Å²) in [5.41, 5.74) is 1.40. The average Bonchev–Trinajstić information content (AvgIpc) is 3.15. The number of nitrogens with zero attached hydrogens (tertiary/aromatic N) is 1.